The zero-order valence-electron chi connectivity index (χ0n) is 6.92. The predicted octanol–water partition coefficient (Wildman–Crippen LogP) is 2.65. The molecule has 0 amide bonds. The summed E-state index contributed by atoms with van der Waals surface area (Å²) in [6, 6.07) is 0. The molecule has 0 radical (unpaired) electrons. The topological polar surface area (TPSA) is 17.1 Å². The normalized spacial score (nSPS) is 11.9. The van der Waals surface area contributed by atoms with Gasteiger partial charge < -0.3 is 0 Å². The van der Waals surface area contributed by atoms with E-state index in [1.807, 2.05) is 12.2 Å². The lowest BCUT2D eigenvalue weighted by Crippen LogP contribution is -1.76. The molecule has 0 heterocycles. The Bertz CT molecular complexity index is 175. The van der Waals surface area contributed by atoms with Gasteiger partial charge in [0.2, 0.25) is 0 Å². The van der Waals surface area contributed by atoms with E-state index in [4.69, 9.17) is 0 Å². The van der Waals surface area contributed by atoms with E-state index < -0.39 is 0 Å². The summed E-state index contributed by atoms with van der Waals surface area (Å²) in [5.74, 6) is 0. The van der Waals surface area contributed by atoms with E-state index in [0.717, 1.165) is 19.1 Å². The summed E-state index contributed by atoms with van der Waals surface area (Å²) in [5, 5.41) is 0. The molecule has 0 aliphatic carbocycles. The van der Waals surface area contributed by atoms with E-state index in [1.165, 1.54) is 0 Å². The second kappa shape index (κ2) is 7.00. The van der Waals surface area contributed by atoms with Crippen molar-refractivity contribution in [2.75, 3.05) is 0 Å². The zero-order valence-corrected chi connectivity index (χ0v) is 6.92. The van der Waals surface area contributed by atoms with Crippen LogP contribution in [0.25, 0.3) is 0 Å². The lowest BCUT2D eigenvalue weighted by atomic mass is 10.2. The highest BCUT2D eigenvalue weighted by Crippen LogP contribution is 1.96. The lowest BCUT2D eigenvalue weighted by molar-refractivity contribution is -0.104. The summed E-state index contributed by atoms with van der Waals surface area (Å²) in [4.78, 5) is 10.3. The Kier molecular flexibility index (Phi) is 6.30. The van der Waals surface area contributed by atoms with Gasteiger partial charge in [-0.1, -0.05) is 44.2 Å². The highest BCUT2D eigenvalue weighted by molar-refractivity contribution is 5.77. The van der Waals surface area contributed by atoms with Gasteiger partial charge in [0, 0.05) is 5.57 Å². The van der Waals surface area contributed by atoms with Crippen molar-refractivity contribution < 1.29 is 4.79 Å². The van der Waals surface area contributed by atoms with E-state index in [9.17, 15) is 4.79 Å². The predicted molar refractivity (Wildman–Crippen MR) is 48.4 cm³/mol. The maximum atomic E-state index is 10.3. The van der Waals surface area contributed by atoms with Crippen molar-refractivity contribution in [2.45, 2.75) is 19.8 Å². The second-order valence-electron chi connectivity index (χ2n) is 2.21. The zero-order chi connectivity index (χ0) is 8.53. The van der Waals surface area contributed by atoms with Crippen molar-refractivity contribution in [3.8, 4) is 0 Å². The quantitative estimate of drug-likeness (QED) is 0.334. The summed E-state index contributed by atoms with van der Waals surface area (Å²) >= 11 is 0. The molecule has 11 heavy (non-hydrogen) atoms. The molecule has 0 aliphatic heterocycles. The number of allylic oxidation sites excluding steroid dienone is 5. The van der Waals surface area contributed by atoms with Gasteiger partial charge in [0.1, 0.15) is 6.29 Å². The molecule has 0 aliphatic rings. The summed E-state index contributed by atoms with van der Waals surface area (Å²) in [5.41, 5.74) is 0.674. The fourth-order valence-electron chi connectivity index (χ4n) is 0.656. The van der Waals surface area contributed by atoms with Crippen LogP contribution in [0, 0.1) is 0 Å². The van der Waals surface area contributed by atoms with Crippen molar-refractivity contribution in [2.24, 2.45) is 0 Å². The van der Waals surface area contributed by atoms with E-state index in [2.05, 4.69) is 13.5 Å². The van der Waals surface area contributed by atoms with Crippen LogP contribution in [0.1, 0.15) is 19.8 Å². The third kappa shape index (κ3) is 5.34. The number of unbranched alkanes of at least 4 members (excludes halogenated alkanes) is 1. The largest absolute Gasteiger partial charge is 0.298 e. The third-order valence-corrected chi connectivity index (χ3v) is 1.21. The second-order valence-corrected chi connectivity index (χ2v) is 2.21. The number of carbonyl (C=O) groups is 1. The van der Waals surface area contributed by atoms with E-state index >= 15 is 0 Å². The minimum absolute atomic E-state index is 0.674. The molecule has 0 fully saturated rings. The average molecular weight is 150 g/mol. The minimum atomic E-state index is 0.674. The standard InChI is InChI=1S/C10H14O/c1-3-5-6-8-10(9-11)7-4-2/h4,6-9H,2-3,5H2,1H3/b8-6-,10-7+. The number of carbonyl (C=O) groups excluding carboxylic acids is 1. The smallest absolute Gasteiger partial charge is 0.150 e. The summed E-state index contributed by atoms with van der Waals surface area (Å²) in [7, 11) is 0. The van der Waals surface area contributed by atoms with Gasteiger partial charge in [-0.2, -0.15) is 0 Å². The first kappa shape index (κ1) is 9.89. The van der Waals surface area contributed by atoms with Crippen LogP contribution in [-0.4, -0.2) is 6.29 Å². The molecule has 0 aromatic carbocycles. The van der Waals surface area contributed by atoms with E-state index in [-0.39, 0.29) is 0 Å². The van der Waals surface area contributed by atoms with Crippen LogP contribution < -0.4 is 0 Å². The van der Waals surface area contributed by atoms with Crippen LogP contribution in [0.5, 0.6) is 0 Å². The van der Waals surface area contributed by atoms with Gasteiger partial charge in [-0.15, -0.1) is 0 Å². The van der Waals surface area contributed by atoms with Gasteiger partial charge in [0.05, 0.1) is 0 Å². The number of hydrogen-bond donors (Lipinski definition) is 0. The molecule has 0 N–H and O–H groups in total. The monoisotopic (exact) mass is 150 g/mol. The molecule has 60 valence electrons. The summed E-state index contributed by atoms with van der Waals surface area (Å²) in [6.07, 6.45) is 10.1. The van der Waals surface area contributed by atoms with Crippen LogP contribution in [0.15, 0.2) is 36.5 Å². The molecule has 0 aromatic rings. The van der Waals surface area contributed by atoms with Crippen LogP contribution in [0.2, 0.25) is 0 Å². The molecule has 1 heteroatoms. The maximum absolute atomic E-state index is 10.3. The van der Waals surface area contributed by atoms with Crippen molar-refractivity contribution in [1.82, 2.24) is 0 Å². The van der Waals surface area contributed by atoms with Crippen molar-refractivity contribution in [3.63, 3.8) is 0 Å². The van der Waals surface area contributed by atoms with Crippen LogP contribution in [0.3, 0.4) is 0 Å². The van der Waals surface area contributed by atoms with Crippen molar-refractivity contribution in [3.05, 3.63) is 36.5 Å². The fraction of sp³-hybridized carbons (Fsp3) is 0.300. The Hall–Kier alpha value is -1.11. The maximum Gasteiger partial charge on any atom is 0.150 e. The fourth-order valence-corrected chi connectivity index (χ4v) is 0.656. The molecule has 0 aromatic heterocycles. The van der Waals surface area contributed by atoms with Gasteiger partial charge >= 0.3 is 0 Å². The highest BCUT2D eigenvalue weighted by Gasteiger charge is 1.83. The van der Waals surface area contributed by atoms with Gasteiger partial charge in [0.25, 0.3) is 0 Å². The van der Waals surface area contributed by atoms with E-state index in [1.54, 1.807) is 12.2 Å². The Morgan fingerprint density at radius 2 is 2.27 bits per heavy atom. The van der Waals surface area contributed by atoms with Gasteiger partial charge in [0.15, 0.2) is 0 Å². The molecule has 0 saturated carbocycles. The lowest BCUT2D eigenvalue weighted by Gasteiger charge is -1.86. The SMILES string of the molecule is C=C/C=C(C=O)\C=C/CCC. The first-order valence-electron chi connectivity index (χ1n) is 3.79. The molecule has 1 nitrogen and oxygen atoms in total. The Morgan fingerprint density at radius 3 is 2.73 bits per heavy atom. The Morgan fingerprint density at radius 1 is 1.55 bits per heavy atom. The molecule has 0 spiro atoms. The Labute approximate surface area is 68.1 Å². The molecular formula is C10H14O. The first-order chi connectivity index (χ1) is 5.35. The third-order valence-electron chi connectivity index (χ3n) is 1.21. The molecule has 0 atom stereocenters. The highest BCUT2D eigenvalue weighted by atomic mass is 16.1. The van der Waals surface area contributed by atoms with Crippen molar-refractivity contribution in [1.29, 1.82) is 0 Å². The molecular weight excluding hydrogens is 136 g/mol. The first-order valence-corrected chi connectivity index (χ1v) is 3.79. The van der Waals surface area contributed by atoms with Gasteiger partial charge in [-0.05, 0) is 6.42 Å². The number of hydrogen-bond acceptors (Lipinski definition) is 1. The van der Waals surface area contributed by atoms with Gasteiger partial charge in [-0.25, -0.2) is 0 Å². The Balaban J connectivity index is 3.96. The van der Waals surface area contributed by atoms with Gasteiger partial charge in [-0.3, -0.25) is 4.79 Å². The van der Waals surface area contributed by atoms with Crippen LogP contribution in [0.4, 0.5) is 0 Å². The van der Waals surface area contributed by atoms with Crippen LogP contribution >= 0.6 is 0 Å². The average Bonchev–Trinajstić information content (AvgIpc) is 2.03. The molecule has 0 bridgehead atoms. The van der Waals surface area contributed by atoms with E-state index in [0.29, 0.717) is 5.57 Å². The molecule has 0 unspecified atom stereocenters. The van der Waals surface area contributed by atoms with Crippen molar-refractivity contribution >= 4 is 6.29 Å². The molecule has 0 rings (SSSR count). The summed E-state index contributed by atoms with van der Waals surface area (Å²) in [6.45, 7) is 5.61. The number of rotatable bonds is 5. The summed E-state index contributed by atoms with van der Waals surface area (Å²) < 4.78 is 0. The van der Waals surface area contributed by atoms with Crippen LogP contribution in [-0.2, 0) is 4.79 Å². The minimum Gasteiger partial charge on any atom is -0.298 e. The molecule has 0 saturated heterocycles. The number of aldehydes is 1.